The van der Waals surface area contributed by atoms with E-state index in [9.17, 15) is 0 Å². The van der Waals surface area contributed by atoms with E-state index < -0.39 is 0 Å². The largest absolute Gasteiger partial charge is 0.440 e. The summed E-state index contributed by atoms with van der Waals surface area (Å²) < 4.78 is 8.63. The van der Waals surface area contributed by atoms with Gasteiger partial charge < -0.3 is 13.9 Å². The van der Waals surface area contributed by atoms with E-state index in [2.05, 4.69) is 60.3 Å². The SMILES string of the molecule is Cc1ncoc1-c1nnc(SCCCN2CC3CC3(c3cccc(Br)c3)C2)n1C. The van der Waals surface area contributed by atoms with Crippen molar-refractivity contribution in [2.45, 2.75) is 30.3 Å². The Hall–Kier alpha value is -1.64. The minimum absolute atomic E-state index is 0.407. The van der Waals surface area contributed by atoms with Gasteiger partial charge in [-0.1, -0.05) is 39.8 Å². The van der Waals surface area contributed by atoms with E-state index >= 15 is 0 Å². The molecule has 1 aromatic carbocycles. The second-order valence-electron chi connectivity index (χ2n) is 8.14. The molecule has 2 aromatic heterocycles. The van der Waals surface area contributed by atoms with Gasteiger partial charge in [0.05, 0.1) is 5.69 Å². The average molecular weight is 474 g/mol. The number of nitrogens with zero attached hydrogens (tertiary/aromatic N) is 5. The number of aromatic nitrogens is 4. The van der Waals surface area contributed by atoms with Crippen LogP contribution in [-0.4, -0.2) is 50.0 Å². The highest BCUT2D eigenvalue weighted by atomic mass is 79.9. The Morgan fingerprint density at radius 3 is 3.03 bits per heavy atom. The number of rotatable bonds is 7. The first-order valence-electron chi connectivity index (χ1n) is 9.98. The smallest absolute Gasteiger partial charge is 0.202 e. The lowest BCUT2D eigenvalue weighted by Gasteiger charge is -2.21. The third-order valence-electron chi connectivity index (χ3n) is 6.25. The molecule has 152 valence electrons. The number of hydrogen-bond donors (Lipinski definition) is 0. The third-order valence-corrected chi connectivity index (χ3v) is 7.85. The summed E-state index contributed by atoms with van der Waals surface area (Å²) in [6.45, 7) is 5.49. The van der Waals surface area contributed by atoms with Crippen LogP contribution in [0.15, 0.2) is 44.7 Å². The van der Waals surface area contributed by atoms with Gasteiger partial charge in [-0.3, -0.25) is 0 Å². The van der Waals surface area contributed by atoms with Crippen LogP contribution in [0, 0.1) is 12.8 Å². The summed E-state index contributed by atoms with van der Waals surface area (Å²) in [5, 5.41) is 9.54. The molecule has 0 radical (unpaired) electrons. The minimum Gasteiger partial charge on any atom is -0.440 e. The summed E-state index contributed by atoms with van der Waals surface area (Å²) in [5.41, 5.74) is 2.75. The van der Waals surface area contributed by atoms with E-state index in [1.54, 1.807) is 11.8 Å². The number of halogens is 1. The Morgan fingerprint density at radius 2 is 2.24 bits per heavy atom. The molecule has 3 heterocycles. The summed E-state index contributed by atoms with van der Waals surface area (Å²) in [7, 11) is 1.98. The maximum absolute atomic E-state index is 5.45. The standard InChI is InChI=1S/C21H24BrN5OS/c1-14-18(28-13-23-14)19-24-25-20(26(19)2)29-8-4-7-27-11-16-10-21(16,12-27)15-5-3-6-17(22)9-15/h3,5-6,9,13,16H,4,7-8,10-12H2,1-2H3. The molecule has 0 amide bonds. The van der Waals surface area contributed by atoms with Gasteiger partial charge >= 0.3 is 0 Å². The quantitative estimate of drug-likeness (QED) is 0.376. The van der Waals surface area contributed by atoms with Gasteiger partial charge in [-0.15, -0.1) is 10.2 Å². The first-order valence-corrected chi connectivity index (χ1v) is 11.8. The molecule has 0 spiro atoms. The van der Waals surface area contributed by atoms with Crippen molar-refractivity contribution >= 4 is 27.7 Å². The van der Waals surface area contributed by atoms with Crippen molar-refractivity contribution in [3.05, 3.63) is 46.4 Å². The Labute approximate surface area is 183 Å². The molecular weight excluding hydrogens is 450 g/mol. The first-order chi connectivity index (χ1) is 14.1. The minimum atomic E-state index is 0.407. The van der Waals surface area contributed by atoms with Gasteiger partial charge in [-0.05, 0) is 49.9 Å². The van der Waals surface area contributed by atoms with Crippen LogP contribution in [0.5, 0.6) is 0 Å². The number of oxazole rings is 1. The lowest BCUT2D eigenvalue weighted by atomic mass is 9.95. The van der Waals surface area contributed by atoms with Gasteiger partial charge in [-0.2, -0.15) is 0 Å². The van der Waals surface area contributed by atoms with E-state index in [1.165, 1.54) is 35.9 Å². The molecule has 2 aliphatic rings. The van der Waals surface area contributed by atoms with Crippen LogP contribution in [0.2, 0.25) is 0 Å². The molecule has 5 rings (SSSR count). The van der Waals surface area contributed by atoms with Crippen molar-refractivity contribution in [2.75, 3.05) is 25.4 Å². The summed E-state index contributed by atoms with van der Waals surface area (Å²) in [4.78, 5) is 6.78. The number of likely N-dealkylation sites (tertiary alicyclic amines) is 1. The second kappa shape index (κ2) is 7.56. The predicted octanol–water partition coefficient (Wildman–Crippen LogP) is 4.30. The molecule has 8 heteroatoms. The van der Waals surface area contributed by atoms with Crippen molar-refractivity contribution < 1.29 is 4.42 Å². The number of aryl methyl sites for hydroxylation is 1. The summed E-state index contributed by atoms with van der Waals surface area (Å²) >= 11 is 5.38. The number of piperidine rings is 1. The second-order valence-corrected chi connectivity index (χ2v) is 10.1. The Kier molecular flexibility index (Phi) is 5.04. The van der Waals surface area contributed by atoms with Crippen LogP contribution < -0.4 is 0 Å². The highest BCUT2D eigenvalue weighted by molar-refractivity contribution is 9.10. The third kappa shape index (κ3) is 3.55. The number of hydrogen-bond acceptors (Lipinski definition) is 6. The molecule has 1 aliphatic carbocycles. The molecule has 0 bridgehead atoms. The number of benzene rings is 1. The van der Waals surface area contributed by atoms with E-state index in [0.717, 1.165) is 41.3 Å². The fourth-order valence-electron chi connectivity index (χ4n) is 4.61. The van der Waals surface area contributed by atoms with Crippen LogP contribution in [0.25, 0.3) is 11.6 Å². The van der Waals surface area contributed by atoms with Gasteiger partial charge in [-0.25, -0.2) is 4.98 Å². The Morgan fingerprint density at radius 1 is 1.34 bits per heavy atom. The molecule has 0 N–H and O–H groups in total. The molecule has 2 atom stereocenters. The number of thioether (sulfide) groups is 1. The van der Waals surface area contributed by atoms with E-state index in [1.807, 2.05) is 18.5 Å². The predicted molar refractivity (Wildman–Crippen MR) is 117 cm³/mol. The number of fused-ring (bicyclic) bond motifs is 1. The summed E-state index contributed by atoms with van der Waals surface area (Å²) in [6.07, 6.45) is 3.95. The average Bonchev–Trinajstić information content (AvgIpc) is 3.01. The van der Waals surface area contributed by atoms with Crippen molar-refractivity contribution in [3.8, 4) is 11.6 Å². The van der Waals surface area contributed by atoms with Gasteiger partial charge in [0.2, 0.25) is 5.82 Å². The van der Waals surface area contributed by atoms with Crippen LogP contribution in [0.3, 0.4) is 0 Å². The van der Waals surface area contributed by atoms with E-state index in [-0.39, 0.29) is 0 Å². The normalized spacial score (nSPS) is 23.5. The van der Waals surface area contributed by atoms with Crippen LogP contribution in [-0.2, 0) is 12.5 Å². The molecular formula is C21H24BrN5OS. The van der Waals surface area contributed by atoms with E-state index in [0.29, 0.717) is 11.2 Å². The van der Waals surface area contributed by atoms with Crippen molar-refractivity contribution in [1.29, 1.82) is 0 Å². The zero-order valence-electron chi connectivity index (χ0n) is 16.6. The van der Waals surface area contributed by atoms with Crippen molar-refractivity contribution in [3.63, 3.8) is 0 Å². The fourth-order valence-corrected chi connectivity index (χ4v) is 5.84. The fraction of sp³-hybridized carbons (Fsp3) is 0.476. The lowest BCUT2D eigenvalue weighted by molar-refractivity contribution is 0.299. The molecule has 3 aromatic rings. The molecule has 2 fully saturated rings. The molecule has 29 heavy (non-hydrogen) atoms. The zero-order chi connectivity index (χ0) is 20.0. The van der Waals surface area contributed by atoms with Crippen LogP contribution >= 0.6 is 27.7 Å². The van der Waals surface area contributed by atoms with Crippen LogP contribution in [0.1, 0.15) is 24.1 Å². The Bertz CT molecular complexity index is 1030. The van der Waals surface area contributed by atoms with Crippen molar-refractivity contribution in [1.82, 2.24) is 24.6 Å². The highest BCUT2D eigenvalue weighted by Gasteiger charge is 2.60. The van der Waals surface area contributed by atoms with E-state index in [4.69, 9.17) is 4.42 Å². The van der Waals surface area contributed by atoms with Gasteiger partial charge in [0, 0.05) is 35.8 Å². The Balaban J connectivity index is 1.13. The summed E-state index contributed by atoms with van der Waals surface area (Å²) in [6, 6.07) is 8.88. The maximum Gasteiger partial charge on any atom is 0.202 e. The van der Waals surface area contributed by atoms with Crippen LogP contribution in [0.4, 0.5) is 0 Å². The van der Waals surface area contributed by atoms with Gasteiger partial charge in [0.1, 0.15) is 0 Å². The monoisotopic (exact) mass is 473 g/mol. The summed E-state index contributed by atoms with van der Waals surface area (Å²) in [5.74, 6) is 3.29. The topological polar surface area (TPSA) is 60.0 Å². The first kappa shape index (κ1) is 19.3. The molecule has 1 aliphatic heterocycles. The lowest BCUT2D eigenvalue weighted by Crippen LogP contribution is -2.27. The molecule has 1 saturated carbocycles. The van der Waals surface area contributed by atoms with Gasteiger partial charge in [0.15, 0.2) is 17.3 Å². The van der Waals surface area contributed by atoms with Gasteiger partial charge in [0.25, 0.3) is 0 Å². The highest BCUT2D eigenvalue weighted by Crippen LogP contribution is 2.59. The molecule has 1 saturated heterocycles. The zero-order valence-corrected chi connectivity index (χ0v) is 19.0. The maximum atomic E-state index is 5.45. The molecule has 2 unspecified atom stereocenters. The van der Waals surface area contributed by atoms with Crippen molar-refractivity contribution in [2.24, 2.45) is 13.0 Å². The molecule has 6 nitrogen and oxygen atoms in total.